The highest BCUT2D eigenvalue weighted by Gasteiger charge is 2.20. The number of hydrogen-bond acceptors (Lipinski definition) is 7. The highest BCUT2D eigenvalue weighted by Crippen LogP contribution is 2.30. The standard InChI is InChI=1S/C16H15N5O4S/c1-10(26-16-19-18-14-5-3-4-8-20(14)16)15(22)17-12-9-11(21(23)24)6-7-13(12)25-2/h3-10H,1-2H3,(H,17,22)/t10-/m0/s1. The fourth-order valence-corrected chi connectivity index (χ4v) is 3.09. The molecule has 0 aliphatic rings. The first-order valence-electron chi connectivity index (χ1n) is 7.59. The molecule has 0 bridgehead atoms. The number of amides is 1. The summed E-state index contributed by atoms with van der Waals surface area (Å²) in [4.78, 5) is 22.9. The van der Waals surface area contributed by atoms with Crippen LogP contribution in [0.2, 0.25) is 0 Å². The van der Waals surface area contributed by atoms with Crippen molar-refractivity contribution in [3.63, 3.8) is 0 Å². The van der Waals surface area contributed by atoms with Gasteiger partial charge >= 0.3 is 0 Å². The lowest BCUT2D eigenvalue weighted by molar-refractivity contribution is -0.384. The van der Waals surface area contributed by atoms with Crippen molar-refractivity contribution in [1.29, 1.82) is 0 Å². The van der Waals surface area contributed by atoms with Gasteiger partial charge in [-0.2, -0.15) is 0 Å². The number of non-ortho nitro benzene ring substituents is 1. The number of nitro groups is 1. The lowest BCUT2D eigenvalue weighted by Crippen LogP contribution is -2.23. The van der Waals surface area contributed by atoms with Crippen LogP contribution >= 0.6 is 11.8 Å². The quantitative estimate of drug-likeness (QED) is 0.402. The second-order valence-electron chi connectivity index (χ2n) is 5.30. The van der Waals surface area contributed by atoms with E-state index < -0.39 is 10.2 Å². The third kappa shape index (κ3) is 3.59. The molecule has 3 rings (SSSR count). The smallest absolute Gasteiger partial charge is 0.271 e. The molecule has 1 N–H and O–H groups in total. The summed E-state index contributed by atoms with van der Waals surface area (Å²) < 4.78 is 6.93. The number of nitrogens with zero attached hydrogens (tertiary/aromatic N) is 4. The minimum atomic E-state index is -0.532. The van der Waals surface area contributed by atoms with Crippen LogP contribution in [-0.4, -0.2) is 37.8 Å². The van der Waals surface area contributed by atoms with Gasteiger partial charge in [0, 0.05) is 18.3 Å². The molecule has 0 aliphatic heterocycles. The minimum Gasteiger partial charge on any atom is -0.495 e. The highest BCUT2D eigenvalue weighted by atomic mass is 32.2. The van der Waals surface area contributed by atoms with E-state index >= 15 is 0 Å². The number of ether oxygens (including phenoxy) is 1. The first-order valence-corrected chi connectivity index (χ1v) is 8.47. The van der Waals surface area contributed by atoms with Gasteiger partial charge in [-0.3, -0.25) is 19.3 Å². The number of fused-ring (bicyclic) bond motifs is 1. The zero-order chi connectivity index (χ0) is 18.7. The van der Waals surface area contributed by atoms with E-state index in [0.29, 0.717) is 16.6 Å². The van der Waals surface area contributed by atoms with E-state index in [1.165, 1.54) is 37.1 Å². The molecule has 0 unspecified atom stereocenters. The molecule has 2 heterocycles. The van der Waals surface area contributed by atoms with E-state index in [1.54, 1.807) is 11.3 Å². The molecule has 26 heavy (non-hydrogen) atoms. The molecule has 3 aromatic rings. The van der Waals surface area contributed by atoms with Gasteiger partial charge in [-0.15, -0.1) is 10.2 Å². The van der Waals surface area contributed by atoms with Crippen LogP contribution in [0.3, 0.4) is 0 Å². The monoisotopic (exact) mass is 373 g/mol. The summed E-state index contributed by atoms with van der Waals surface area (Å²) in [6.07, 6.45) is 1.81. The van der Waals surface area contributed by atoms with E-state index in [4.69, 9.17) is 4.74 Å². The van der Waals surface area contributed by atoms with Gasteiger partial charge in [0.15, 0.2) is 10.8 Å². The average Bonchev–Trinajstić information content (AvgIpc) is 3.04. The predicted molar refractivity (Wildman–Crippen MR) is 96.6 cm³/mol. The van der Waals surface area contributed by atoms with Gasteiger partial charge in [0.1, 0.15) is 5.75 Å². The number of anilines is 1. The van der Waals surface area contributed by atoms with Gasteiger partial charge in [0.25, 0.3) is 5.69 Å². The molecule has 1 aromatic carbocycles. The number of thioether (sulfide) groups is 1. The third-order valence-electron chi connectivity index (χ3n) is 3.59. The van der Waals surface area contributed by atoms with E-state index in [0.717, 1.165) is 0 Å². The Balaban J connectivity index is 1.77. The fraction of sp³-hybridized carbons (Fsp3) is 0.188. The SMILES string of the molecule is COc1ccc([N+](=O)[O-])cc1NC(=O)[C@H](C)Sc1nnc2ccccn12. The van der Waals surface area contributed by atoms with Crippen molar-refractivity contribution in [2.75, 3.05) is 12.4 Å². The van der Waals surface area contributed by atoms with Gasteiger partial charge in [0.05, 0.1) is 23.0 Å². The molecule has 0 radical (unpaired) electrons. The summed E-state index contributed by atoms with van der Waals surface area (Å²) in [5.41, 5.74) is 0.790. The number of carbonyl (C=O) groups excluding carboxylic acids is 1. The number of pyridine rings is 1. The van der Waals surface area contributed by atoms with Crippen molar-refractivity contribution < 1.29 is 14.5 Å². The normalized spacial score (nSPS) is 11.9. The van der Waals surface area contributed by atoms with Crippen LogP contribution in [-0.2, 0) is 4.79 Å². The summed E-state index contributed by atoms with van der Waals surface area (Å²) in [5.74, 6) is 0.00977. The van der Waals surface area contributed by atoms with Crippen molar-refractivity contribution in [3.8, 4) is 5.75 Å². The lowest BCUT2D eigenvalue weighted by atomic mass is 10.2. The number of rotatable bonds is 6. The molecule has 134 valence electrons. The molecule has 0 aliphatic carbocycles. The molecule has 1 atom stereocenters. The Morgan fingerprint density at radius 3 is 2.88 bits per heavy atom. The molecule has 9 nitrogen and oxygen atoms in total. The number of benzene rings is 1. The summed E-state index contributed by atoms with van der Waals surface area (Å²) in [6.45, 7) is 1.72. The van der Waals surface area contributed by atoms with Crippen LogP contribution in [0.15, 0.2) is 47.8 Å². The number of methoxy groups -OCH3 is 1. The van der Waals surface area contributed by atoms with Crippen molar-refractivity contribution >= 4 is 34.7 Å². The van der Waals surface area contributed by atoms with Crippen LogP contribution in [0.1, 0.15) is 6.92 Å². The minimum absolute atomic E-state index is 0.134. The Bertz CT molecular complexity index is 974. The molecule has 1 amide bonds. The van der Waals surface area contributed by atoms with Crippen molar-refractivity contribution in [2.24, 2.45) is 0 Å². The number of aromatic nitrogens is 3. The summed E-state index contributed by atoms with van der Waals surface area (Å²) in [5, 5.41) is 21.8. The van der Waals surface area contributed by atoms with Gasteiger partial charge in [-0.25, -0.2) is 0 Å². The third-order valence-corrected chi connectivity index (χ3v) is 4.64. The average molecular weight is 373 g/mol. The van der Waals surface area contributed by atoms with Crippen molar-refractivity contribution in [1.82, 2.24) is 14.6 Å². The zero-order valence-electron chi connectivity index (χ0n) is 13.9. The summed E-state index contributed by atoms with van der Waals surface area (Å²) >= 11 is 1.23. The number of carbonyl (C=O) groups is 1. The number of nitrogens with one attached hydrogen (secondary N) is 1. The molecule has 10 heteroatoms. The van der Waals surface area contributed by atoms with Crippen LogP contribution in [0, 0.1) is 10.1 Å². The second-order valence-corrected chi connectivity index (χ2v) is 6.61. The van der Waals surface area contributed by atoms with Crippen molar-refractivity contribution in [2.45, 2.75) is 17.3 Å². The van der Waals surface area contributed by atoms with Crippen LogP contribution in [0.4, 0.5) is 11.4 Å². The largest absolute Gasteiger partial charge is 0.495 e. The topological polar surface area (TPSA) is 112 Å². The van der Waals surface area contributed by atoms with Crippen LogP contribution in [0.5, 0.6) is 5.75 Å². The highest BCUT2D eigenvalue weighted by molar-refractivity contribution is 8.00. The maximum absolute atomic E-state index is 12.5. The number of hydrogen-bond donors (Lipinski definition) is 1. The first kappa shape index (κ1) is 17.7. The zero-order valence-corrected chi connectivity index (χ0v) is 14.8. The van der Waals surface area contributed by atoms with Gasteiger partial charge in [0.2, 0.25) is 5.91 Å². The molecule has 0 saturated heterocycles. The molecule has 2 aromatic heterocycles. The molecular weight excluding hydrogens is 358 g/mol. The Kier molecular flexibility index (Phi) is 5.03. The Labute approximate surface area is 152 Å². The van der Waals surface area contributed by atoms with E-state index in [9.17, 15) is 14.9 Å². The number of nitro benzene ring substituents is 1. The summed E-state index contributed by atoms with van der Waals surface area (Å²) in [7, 11) is 1.43. The Morgan fingerprint density at radius 2 is 2.15 bits per heavy atom. The van der Waals surface area contributed by atoms with Crippen LogP contribution in [0.25, 0.3) is 5.65 Å². The molecule has 0 fully saturated rings. The molecular formula is C16H15N5O4S. The maximum Gasteiger partial charge on any atom is 0.271 e. The predicted octanol–water partition coefficient (Wildman–Crippen LogP) is 2.77. The first-order chi connectivity index (χ1) is 12.5. The van der Waals surface area contributed by atoms with Gasteiger partial charge in [-0.05, 0) is 25.1 Å². The Morgan fingerprint density at radius 1 is 1.35 bits per heavy atom. The van der Waals surface area contributed by atoms with Gasteiger partial charge in [-0.1, -0.05) is 17.8 Å². The summed E-state index contributed by atoms with van der Waals surface area (Å²) in [6, 6.07) is 9.53. The maximum atomic E-state index is 12.5. The van der Waals surface area contributed by atoms with Gasteiger partial charge < -0.3 is 10.1 Å². The Hall–Kier alpha value is -3.14. The lowest BCUT2D eigenvalue weighted by Gasteiger charge is -2.13. The molecule has 0 spiro atoms. The van der Waals surface area contributed by atoms with E-state index in [1.807, 2.05) is 24.4 Å². The molecule has 0 saturated carbocycles. The van der Waals surface area contributed by atoms with E-state index in [2.05, 4.69) is 15.5 Å². The van der Waals surface area contributed by atoms with E-state index in [-0.39, 0.29) is 17.3 Å². The van der Waals surface area contributed by atoms with Crippen molar-refractivity contribution in [3.05, 3.63) is 52.7 Å². The van der Waals surface area contributed by atoms with Crippen LogP contribution < -0.4 is 10.1 Å². The second kappa shape index (κ2) is 7.40. The fourth-order valence-electron chi connectivity index (χ4n) is 2.25.